The molecule has 1 atom stereocenters. The standard InChI is InChI=1S/C20H25N7O3/c1-10-8-30-9-12-5-13(22-3)16(21)14(6-12)25-15-7-27-17(19(28)23-10)11(2)24-18(27)20(26-15)29-4/h5-7,10,22,25H,8-9,21H2,1-4H3,(H,23,28). The third-order valence-corrected chi connectivity index (χ3v) is 4.94. The Labute approximate surface area is 173 Å². The first-order valence-corrected chi connectivity index (χ1v) is 9.60. The molecule has 10 nitrogen and oxygen atoms in total. The van der Waals surface area contributed by atoms with E-state index in [0.29, 0.717) is 53.3 Å². The minimum Gasteiger partial charge on any atom is -0.478 e. The average Bonchev–Trinajstić information content (AvgIpc) is 3.04. The molecule has 4 rings (SSSR count). The molecular formula is C20H25N7O3. The van der Waals surface area contributed by atoms with Crippen LogP contribution in [0.2, 0.25) is 0 Å². The number of nitrogen functional groups attached to an aromatic ring is 1. The lowest BCUT2D eigenvalue weighted by atomic mass is 10.1. The van der Waals surface area contributed by atoms with Crippen LogP contribution in [0.5, 0.6) is 5.88 Å². The van der Waals surface area contributed by atoms with Gasteiger partial charge in [-0.25, -0.2) is 4.98 Å². The molecule has 0 saturated carbocycles. The predicted molar refractivity (Wildman–Crippen MR) is 115 cm³/mol. The van der Waals surface area contributed by atoms with Gasteiger partial charge in [0.25, 0.3) is 11.8 Å². The quantitative estimate of drug-likeness (QED) is 0.472. The number of methoxy groups -OCH3 is 1. The zero-order valence-electron chi connectivity index (χ0n) is 17.4. The summed E-state index contributed by atoms with van der Waals surface area (Å²) >= 11 is 0. The number of fused-ring (bicyclic) bond motifs is 3. The molecule has 0 fully saturated rings. The van der Waals surface area contributed by atoms with Crippen molar-refractivity contribution in [3.63, 3.8) is 0 Å². The van der Waals surface area contributed by atoms with Crippen LogP contribution in [0.1, 0.15) is 28.7 Å². The van der Waals surface area contributed by atoms with Crippen molar-refractivity contribution < 1.29 is 14.3 Å². The molecule has 1 aliphatic heterocycles. The molecule has 3 aromatic rings. The summed E-state index contributed by atoms with van der Waals surface area (Å²) in [7, 11) is 3.33. The third kappa shape index (κ3) is 3.45. The van der Waals surface area contributed by atoms with Crippen LogP contribution in [0.4, 0.5) is 22.9 Å². The largest absolute Gasteiger partial charge is 0.478 e. The van der Waals surface area contributed by atoms with Crippen molar-refractivity contribution in [3.05, 3.63) is 35.3 Å². The van der Waals surface area contributed by atoms with Crippen molar-refractivity contribution in [3.8, 4) is 5.88 Å². The number of rotatable bonds is 2. The Morgan fingerprint density at radius 3 is 2.90 bits per heavy atom. The number of imidazole rings is 1. The van der Waals surface area contributed by atoms with Gasteiger partial charge in [-0.2, -0.15) is 4.98 Å². The van der Waals surface area contributed by atoms with Gasteiger partial charge in [0.05, 0.1) is 49.3 Å². The number of amides is 1. The summed E-state index contributed by atoms with van der Waals surface area (Å²) in [5.41, 5.74) is 10.7. The maximum atomic E-state index is 13.0. The van der Waals surface area contributed by atoms with Crippen LogP contribution in [0.3, 0.4) is 0 Å². The molecule has 5 N–H and O–H groups in total. The molecule has 2 aromatic heterocycles. The van der Waals surface area contributed by atoms with E-state index in [1.54, 1.807) is 17.5 Å². The number of aromatic nitrogens is 3. The zero-order chi connectivity index (χ0) is 21.4. The summed E-state index contributed by atoms with van der Waals surface area (Å²) in [6.07, 6.45) is 1.71. The van der Waals surface area contributed by atoms with Gasteiger partial charge in [0, 0.05) is 13.1 Å². The maximum Gasteiger partial charge on any atom is 0.270 e. The molecule has 1 aromatic carbocycles. The first kappa shape index (κ1) is 19.8. The Kier molecular flexibility index (Phi) is 5.08. The van der Waals surface area contributed by atoms with Crippen LogP contribution in [-0.4, -0.2) is 47.1 Å². The lowest BCUT2D eigenvalue weighted by Gasteiger charge is -2.18. The lowest BCUT2D eigenvalue weighted by molar-refractivity contribution is 0.0815. The number of carbonyl (C=O) groups is 1. The number of benzene rings is 1. The van der Waals surface area contributed by atoms with Crippen LogP contribution in [0.25, 0.3) is 5.65 Å². The van der Waals surface area contributed by atoms with Crippen LogP contribution in [0, 0.1) is 6.92 Å². The maximum absolute atomic E-state index is 13.0. The van der Waals surface area contributed by atoms with Crippen molar-refractivity contribution in [2.24, 2.45) is 0 Å². The summed E-state index contributed by atoms with van der Waals surface area (Å²) in [4.78, 5) is 21.9. The highest BCUT2D eigenvalue weighted by Gasteiger charge is 2.22. The summed E-state index contributed by atoms with van der Waals surface area (Å²) in [5.74, 6) is 0.514. The molecule has 4 bridgehead atoms. The Bertz CT molecular complexity index is 1130. The van der Waals surface area contributed by atoms with Crippen molar-refractivity contribution in [1.82, 2.24) is 19.7 Å². The number of anilines is 4. The number of hydrogen-bond acceptors (Lipinski definition) is 8. The minimum absolute atomic E-state index is 0.191. The van der Waals surface area contributed by atoms with Gasteiger partial charge in [0.1, 0.15) is 5.69 Å². The number of hydrogen-bond donors (Lipinski definition) is 4. The molecule has 3 heterocycles. The average molecular weight is 411 g/mol. The molecule has 10 heteroatoms. The highest BCUT2D eigenvalue weighted by Crippen LogP contribution is 2.33. The van der Waals surface area contributed by atoms with Gasteiger partial charge in [-0.3, -0.25) is 9.20 Å². The molecule has 1 aliphatic rings. The number of aryl methyl sites for hydroxylation is 1. The van der Waals surface area contributed by atoms with E-state index in [1.807, 2.05) is 26.1 Å². The van der Waals surface area contributed by atoms with Gasteiger partial charge in [-0.15, -0.1) is 0 Å². The fraction of sp³-hybridized carbons (Fsp3) is 0.350. The van der Waals surface area contributed by atoms with Crippen LogP contribution < -0.4 is 26.4 Å². The highest BCUT2D eigenvalue weighted by atomic mass is 16.5. The molecule has 0 radical (unpaired) electrons. The second-order valence-electron chi connectivity index (χ2n) is 7.24. The van der Waals surface area contributed by atoms with E-state index in [-0.39, 0.29) is 11.9 Å². The van der Waals surface area contributed by atoms with E-state index >= 15 is 0 Å². The Hall–Kier alpha value is -3.53. The Morgan fingerprint density at radius 1 is 1.37 bits per heavy atom. The van der Waals surface area contributed by atoms with E-state index in [9.17, 15) is 4.79 Å². The SMILES string of the molecule is CNc1cc2cc(c1N)Nc1cn3c(c(C)nc3c(OC)n1)C(=O)NC(C)COC2. The fourth-order valence-corrected chi connectivity index (χ4v) is 3.54. The number of nitrogens with zero attached hydrogens (tertiary/aromatic N) is 3. The third-order valence-electron chi connectivity index (χ3n) is 4.94. The number of ether oxygens (including phenoxy) is 2. The number of carbonyl (C=O) groups excluding carboxylic acids is 1. The van der Waals surface area contributed by atoms with E-state index in [0.717, 1.165) is 11.3 Å². The molecular weight excluding hydrogens is 386 g/mol. The van der Waals surface area contributed by atoms with Crippen molar-refractivity contribution >= 4 is 34.4 Å². The van der Waals surface area contributed by atoms with E-state index in [4.69, 9.17) is 15.2 Å². The minimum atomic E-state index is -0.247. The number of nitrogens with two attached hydrogens (primary N) is 1. The topological polar surface area (TPSA) is 128 Å². The van der Waals surface area contributed by atoms with E-state index < -0.39 is 0 Å². The first-order valence-electron chi connectivity index (χ1n) is 9.60. The van der Waals surface area contributed by atoms with Crippen molar-refractivity contribution in [1.29, 1.82) is 0 Å². The summed E-state index contributed by atoms with van der Waals surface area (Å²) in [6.45, 7) is 4.40. The summed E-state index contributed by atoms with van der Waals surface area (Å²) in [6, 6.07) is 3.66. The lowest BCUT2D eigenvalue weighted by Crippen LogP contribution is -2.36. The van der Waals surface area contributed by atoms with Crippen LogP contribution >= 0.6 is 0 Å². The molecule has 0 saturated heterocycles. The normalized spacial score (nSPS) is 16.7. The Morgan fingerprint density at radius 2 is 2.17 bits per heavy atom. The van der Waals surface area contributed by atoms with Crippen LogP contribution in [0.15, 0.2) is 18.3 Å². The first-order chi connectivity index (χ1) is 14.4. The van der Waals surface area contributed by atoms with Gasteiger partial charge in [0.2, 0.25) is 5.65 Å². The van der Waals surface area contributed by atoms with Gasteiger partial charge in [-0.1, -0.05) is 0 Å². The van der Waals surface area contributed by atoms with E-state index in [1.165, 1.54) is 7.11 Å². The molecule has 0 aliphatic carbocycles. The molecule has 1 amide bonds. The Balaban J connectivity index is 1.93. The molecule has 30 heavy (non-hydrogen) atoms. The fourth-order valence-electron chi connectivity index (χ4n) is 3.54. The molecule has 1 unspecified atom stereocenters. The predicted octanol–water partition coefficient (Wildman–Crippen LogP) is 2.06. The summed E-state index contributed by atoms with van der Waals surface area (Å²) < 4.78 is 12.9. The van der Waals surface area contributed by atoms with Crippen LogP contribution in [-0.2, 0) is 11.3 Å². The van der Waals surface area contributed by atoms with Gasteiger partial charge in [0.15, 0.2) is 5.82 Å². The van der Waals surface area contributed by atoms with E-state index in [2.05, 4.69) is 25.9 Å². The smallest absolute Gasteiger partial charge is 0.270 e. The van der Waals surface area contributed by atoms with Gasteiger partial charge in [-0.05, 0) is 31.5 Å². The summed E-state index contributed by atoms with van der Waals surface area (Å²) in [5, 5.41) is 9.31. The van der Waals surface area contributed by atoms with Crippen molar-refractivity contribution in [2.75, 3.05) is 37.1 Å². The second kappa shape index (κ2) is 7.71. The van der Waals surface area contributed by atoms with Gasteiger partial charge < -0.3 is 31.2 Å². The second-order valence-corrected chi connectivity index (χ2v) is 7.24. The van der Waals surface area contributed by atoms with Gasteiger partial charge >= 0.3 is 0 Å². The monoisotopic (exact) mass is 411 g/mol. The molecule has 158 valence electrons. The molecule has 0 spiro atoms. The zero-order valence-corrected chi connectivity index (χ0v) is 17.4. The van der Waals surface area contributed by atoms with Crippen molar-refractivity contribution in [2.45, 2.75) is 26.5 Å². The highest BCUT2D eigenvalue weighted by molar-refractivity contribution is 5.95. The number of nitrogens with one attached hydrogen (secondary N) is 3.